The fourth-order valence-electron chi connectivity index (χ4n) is 1.02. The van der Waals surface area contributed by atoms with Crippen molar-refractivity contribution in [3.8, 4) is 0 Å². The molecule has 0 unspecified atom stereocenters. The monoisotopic (exact) mass is 230 g/mol. The predicted octanol–water partition coefficient (Wildman–Crippen LogP) is 2.62. The van der Waals surface area contributed by atoms with Crippen LogP contribution >= 0.6 is 10.7 Å². The Hall–Kier alpha value is -0.800. The number of aryl methyl sites for hydroxylation is 1. The molecule has 1 aromatic carbocycles. The van der Waals surface area contributed by atoms with Crippen LogP contribution in [0.4, 0.5) is 0 Å². The molecule has 14 heavy (non-hydrogen) atoms. The van der Waals surface area contributed by atoms with E-state index in [2.05, 4.69) is 0 Å². The summed E-state index contributed by atoms with van der Waals surface area (Å²) in [6, 6.07) is 7.89. The molecule has 0 saturated heterocycles. The summed E-state index contributed by atoms with van der Waals surface area (Å²) < 4.78 is 21.1. The normalized spacial score (nSPS) is 12.1. The second-order valence-electron chi connectivity index (χ2n) is 3.04. The topological polar surface area (TPSA) is 34.1 Å². The van der Waals surface area contributed by atoms with Gasteiger partial charge < -0.3 is 0 Å². The number of rotatable bonds is 3. The van der Waals surface area contributed by atoms with Crippen molar-refractivity contribution in [2.45, 2.75) is 13.3 Å². The van der Waals surface area contributed by atoms with Crippen LogP contribution in [0.25, 0.3) is 0 Å². The molecule has 1 aromatic rings. The van der Waals surface area contributed by atoms with E-state index in [0.717, 1.165) is 11.0 Å². The van der Waals surface area contributed by atoms with Crippen LogP contribution in [0.3, 0.4) is 0 Å². The van der Waals surface area contributed by atoms with Gasteiger partial charge in [0.05, 0.1) is 0 Å². The maximum Gasteiger partial charge on any atom is 0.254 e. The minimum atomic E-state index is -3.51. The molecule has 0 atom stereocenters. The average Bonchev–Trinajstić information content (AvgIpc) is 2.06. The smallest absolute Gasteiger partial charge is 0.208 e. The van der Waals surface area contributed by atoms with Gasteiger partial charge in [0, 0.05) is 16.1 Å². The molecule has 0 radical (unpaired) electrons. The molecule has 0 bridgehead atoms. The van der Waals surface area contributed by atoms with E-state index < -0.39 is 9.05 Å². The van der Waals surface area contributed by atoms with Gasteiger partial charge in [-0.1, -0.05) is 35.9 Å². The number of allylic oxidation sites excluding steroid dienone is 1. The molecule has 0 aromatic heterocycles. The Labute approximate surface area is 88.6 Å². The molecule has 2 nitrogen and oxygen atoms in total. The quantitative estimate of drug-likeness (QED) is 0.749. The third-order valence-corrected chi connectivity index (χ3v) is 2.56. The third kappa shape index (κ3) is 4.44. The Morgan fingerprint density at radius 1 is 1.29 bits per heavy atom. The number of hydrogen-bond acceptors (Lipinski definition) is 2. The van der Waals surface area contributed by atoms with Crippen LogP contribution in [-0.2, 0) is 15.5 Å². The molecule has 0 spiro atoms. The summed E-state index contributed by atoms with van der Waals surface area (Å²) in [5.74, 6) is 0. The first-order valence-corrected chi connectivity index (χ1v) is 6.51. The maximum absolute atomic E-state index is 10.6. The molecule has 0 aliphatic rings. The average molecular weight is 231 g/mol. The highest BCUT2D eigenvalue weighted by Gasteiger charge is 1.95. The highest BCUT2D eigenvalue weighted by atomic mass is 35.7. The standard InChI is InChI=1S/C10H11ClO2S/c1-9-4-6-10(7-5-9)3-2-8-14(11,12)13/h2,4-8H,3H2,1H3/b8-2-. The van der Waals surface area contributed by atoms with Gasteiger partial charge in [-0.3, -0.25) is 0 Å². The van der Waals surface area contributed by atoms with Gasteiger partial charge in [0.25, 0.3) is 9.05 Å². The van der Waals surface area contributed by atoms with E-state index in [0.29, 0.717) is 6.42 Å². The van der Waals surface area contributed by atoms with Crippen LogP contribution < -0.4 is 0 Å². The molecule has 0 saturated carbocycles. The predicted molar refractivity (Wildman–Crippen MR) is 58.8 cm³/mol. The summed E-state index contributed by atoms with van der Waals surface area (Å²) in [6.45, 7) is 2.00. The molecule has 0 N–H and O–H groups in total. The summed E-state index contributed by atoms with van der Waals surface area (Å²) in [7, 11) is 1.50. The Balaban J connectivity index is 2.63. The summed E-state index contributed by atoms with van der Waals surface area (Å²) in [5, 5.41) is 1.01. The van der Waals surface area contributed by atoms with E-state index in [9.17, 15) is 8.42 Å². The minimum Gasteiger partial charge on any atom is -0.208 e. The van der Waals surface area contributed by atoms with Crippen molar-refractivity contribution in [3.05, 3.63) is 46.9 Å². The molecule has 0 aliphatic heterocycles. The molecular weight excluding hydrogens is 220 g/mol. The van der Waals surface area contributed by atoms with Crippen molar-refractivity contribution in [3.63, 3.8) is 0 Å². The Bertz CT molecular complexity index is 418. The molecule has 0 amide bonds. The van der Waals surface area contributed by atoms with E-state index in [1.165, 1.54) is 11.6 Å². The lowest BCUT2D eigenvalue weighted by atomic mass is 10.1. The van der Waals surface area contributed by atoms with Gasteiger partial charge in [-0.05, 0) is 18.9 Å². The van der Waals surface area contributed by atoms with Crippen molar-refractivity contribution in [1.82, 2.24) is 0 Å². The SMILES string of the molecule is Cc1ccc(C/C=C\S(=O)(=O)Cl)cc1. The number of benzene rings is 1. The first kappa shape index (κ1) is 11.3. The zero-order chi connectivity index (χ0) is 10.6. The van der Waals surface area contributed by atoms with Gasteiger partial charge in [-0.2, -0.15) is 0 Å². The molecular formula is C10H11ClO2S. The van der Waals surface area contributed by atoms with E-state index in [1.54, 1.807) is 0 Å². The van der Waals surface area contributed by atoms with Gasteiger partial charge in [-0.15, -0.1) is 0 Å². The van der Waals surface area contributed by atoms with E-state index in [1.807, 2.05) is 31.2 Å². The third-order valence-electron chi connectivity index (χ3n) is 1.73. The van der Waals surface area contributed by atoms with Crippen molar-refractivity contribution in [1.29, 1.82) is 0 Å². The van der Waals surface area contributed by atoms with Gasteiger partial charge in [-0.25, -0.2) is 8.42 Å². The lowest BCUT2D eigenvalue weighted by Gasteiger charge is -1.96. The molecule has 0 heterocycles. The van der Waals surface area contributed by atoms with Gasteiger partial charge in [0.2, 0.25) is 0 Å². The Kier molecular flexibility index (Phi) is 3.72. The second-order valence-corrected chi connectivity index (χ2v) is 5.55. The fourth-order valence-corrected chi connectivity index (χ4v) is 1.57. The largest absolute Gasteiger partial charge is 0.254 e. The van der Waals surface area contributed by atoms with Gasteiger partial charge in [0.15, 0.2) is 0 Å². The zero-order valence-corrected chi connectivity index (χ0v) is 9.35. The summed E-state index contributed by atoms with van der Waals surface area (Å²) in [6.07, 6.45) is 2.11. The van der Waals surface area contributed by atoms with Crippen LogP contribution in [0.5, 0.6) is 0 Å². The first-order chi connectivity index (χ1) is 6.47. The van der Waals surface area contributed by atoms with Crippen LogP contribution in [0, 0.1) is 6.92 Å². The van der Waals surface area contributed by atoms with Crippen molar-refractivity contribution < 1.29 is 8.42 Å². The molecule has 76 valence electrons. The number of halogens is 1. The van der Waals surface area contributed by atoms with Gasteiger partial charge in [0.1, 0.15) is 0 Å². The van der Waals surface area contributed by atoms with E-state index in [4.69, 9.17) is 10.7 Å². The first-order valence-electron chi connectivity index (χ1n) is 4.14. The Morgan fingerprint density at radius 3 is 2.36 bits per heavy atom. The Morgan fingerprint density at radius 2 is 1.86 bits per heavy atom. The fraction of sp³-hybridized carbons (Fsp3) is 0.200. The van der Waals surface area contributed by atoms with Crippen molar-refractivity contribution in [2.24, 2.45) is 0 Å². The summed E-state index contributed by atoms with van der Waals surface area (Å²) >= 11 is 0. The molecule has 0 aliphatic carbocycles. The molecule has 4 heteroatoms. The van der Waals surface area contributed by atoms with Crippen molar-refractivity contribution in [2.75, 3.05) is 0 Å². The number of hydrogen-bond donors (Lipinski definition) is 0. The highest BCUT2D eigenvalue weighted by molar-refractivity contribution is 8.16. The lowest BCUT2D eigenvalue weighted by Crippen LogP contribution is -1.83. The summed E-state index contributed by atoms with van der Waals surface area (Å²) in [4.78, 5) is 0. The summed E-state index contributed by atoms with van der Waals surface area (Å²) in [5.41, 5.74) is 2.25. The van der Waals surface area contributed by atoms with E-state index >= 15 is 0 Å². The minimum absolute atomic E-state index is 0.576. The zero-order valence-electron chi connectivity index (χ0n) is 7.77. The van der Waals surface area contributed by atoms with E-state index in [-0.39, 0.29) is 0 Å². The van der Waals surface area contributed by atoms with Gasteiger partial charge >= 0.3 is 0 Å². The molecule has 0 fully saturated rings. The molecule has 1 rings (SSSR count). The van der Waals surface area contributed by atoms with Crippen LogP contribution in [0.1, 0.15) is 11.1 Å². The van der Waals surface area contributed by atoms with Crippen LogP contribution in [0.15, 0.2) is 35.7 Å². The highest BCUT2D eigenvalue weighted by Crippen LogP contribution is 2.05. The maximum atomic E-state index is 10.6. The van der Waals surface area contributed by atoms with Crippen LogP contribution in [-0.4, -0.2) is 8.42 Å². The lowest BCUT2D eigenvalue weighted by molar-refractivity contribution is 0.617. The second kappa shape index (κ2) is 4.62. The van der Waals surface area contributed by atoms with Crippen LogP contribution in [0.2, 0.25) is 0 Å². The van der Waals surface area contributed by atoms with Crippen molar-refractivity contribution >= 4 is 19.7 Å².